The van der Waals surface area contributed by atoms with Gasteiger partial charge in [0.05, 0.1) is 38.5 Å². The molecule has 0 spiro atoms. The van der Waals surface area contributed by atoms with E-state index in [0.29, 0.717) is 39.1 Å². The third kappa shape index (κ3) is 4.91. The minimum atomic E-state index is -3.11. The lowest BCUT2D eigenvalue weighted by Crippen LogP contribution is -3.15. The molecule has 0 aliphatic carbocycles. The molecule has 0 aromatic heterocycles. The summed E-state index contributed by atoms with van der Waals surface area (Å²) >= 11 is 0. The van der Waals surface area contributed by atoms with Crippen molar-refractivity contribution in [3.63, 3.8) is 0 Å². The molecule has 18 heavy (non-hydrogen) atoms. The number of sulfonamides is 1. The molecule has 1 saturated heterocycles. The van der Waals surface area contributed by atoms with Crippen LogP contribution in [-0.4, -0.2) is 57.2 Å². The van der Waals surface area contributed by atoms with Gasteiger partial charge >= 0.3 is 0 Å². The minimum Gasteiger partial charge on any atom is -0.550 e. The first-order chi connectivity index (χ1) is 8.45. The van der Waals surface area contributed by atoms with Crippen LogP contribution < -0.4 is 10.0 Å². The number of quaternary nitrogens is 1. The summed E-state index contributed by atoms with van der Waals surface area (Å²) in [5, 5.41) is 10.4. The molecule has 0 atom stereocenters. The lowest BCUT2D eigenvalue weighted by atomic mass is 10.3. The van der Waals surface area contributed by atoms with Crippen LogP contribution in [0.25, 0.3) is 0 Å². The zero-order chi connectivity index (χ0) is 13.6. The first kappa shape index (κ1) is 15.4. The zero-order valence-corrected chi connectivity index (χ0v) is 11.7. The second-order valence-electron chi connectivity index (χ2n) is 4.69. The van der Waals surface area contributed by atoms with Gasteiger partial charge in [-0.15, -0.1) is 0 Å². The normalized spacial score (nSPS) is 18.9. The molecule has 1 heterocycles. The monoisotopic (exact) mass is 278 g/mol. The maximum absolute atomic E-state index is 11.9. The lowest BCUT2D eigenvalue weighted by Gasteiger charge is -2.31. The van der Waals surface area contributed by atoms with Crippen LogP contribution in [0, 0.1) is 0 Å². The SMILES string of the molecule is CCCCS(=O)(=O)N1CC[NH+](CCC(=O)[O-])CC1. The molecule has 7 heteroatoms. The summed E-state index contributed by atoms with van der Waals surface area (Å²) in [5.74, 6) is -0.821. The number of nitrogens with zero attached hydrogens (tertiary/aromatic N) is 1. The van der Waals surface area contributed by atoms with Crippen LogP contribution in [0.5, 0.6) is 0 Å². The molecule has 0 amide bonds. The molecule has 0 unspecified atom stereocenters. The number of aliphatic carboxylic acids is 1. The molecule has 0 aromatic rings. The number of carbonyl (C=O) groups excluding carboxylic acids is 1. The highest BCUT2D eigenvalue weighted by Gasteiger charge is 2.28. The first-order valence-corrected chi connectivity index (χ1v) is 8.08. The maximum Gasteiger partial charge on any atom is 0.214 e. The van der Waals surface area contributed by atoms with Gasteiger partial charge in [0.1, 0.15) is 0 Å². The quantitative estimate of drug-likeness (QED) is 0.556. The second-order valence-corrected chi connectivity index (χ2v) is 6.78. The van der Waals surface area contributed by atoms with E-state index in [1.165, 1.54) is 4.31 Å². The van der Waals surface area contributed by atoms with Crippen LogP contribution in [-0.2, 0) is 14.8 Å². The molecule has 1 rings (SSSR count). The summed E-state index contributed by atoms with van der Waals surface area (Å²) in [7, 11) is -3.11. The Kier molecular flexibility index (Phi) is 6.04. The van der Waals surface area contributed by atoms with Crippen molar-refractivity contribution in [3.8, 4) is 0 Å². The molecule has 0 radical (unpaired) electrons. The lowest BCUT2D eigenvalue weighted by molar-refractivity contribution is -0.903. The van der Waals surface area contributed by atoms with Gasteiger partial charge in [0.2, 0.25) is 10.0 Å². The van der Waals surface area contributed by atoms with Crippen molar-refractivity contribution in [2.24, 2.45) is 0 Å². The van der Waals surface area contributed by atoms with Crippen molar-refractivity contribution < 1.29 is 23.2 Å². The Morgan fingerprint density at radius 1 is 1.33 bits per heavy atom. The van der Waals surface area contributed by atoms with E-state index in [1.807, 2.05) is 6.92 Å². The van der Waals surface area contributed by atoms with E-state index in [0.717, 1.165) is 11.3 Å². The minimum absolute atomic E-state index is 0.0396. The van der Waals surface area contributed by atoms with Crippen LogP contribution in [0.3, 0.4) is 0 Å². The number of carboxylic acid groups (broad SMARTS) is 1. The molecule has 1 aliphatic heterocycles. The Morgan fingerprint density at radius 3 is 2.44 bits per heavy atom. The van der Waals surface area contributed by atoms with Crippen LogP contribution >= 0.6 is 0 Å². The first-order valence-electron chi connectivity index (χ1n) is 6.47. The molecule has 0 aromatic carbocycles. The summed E-state index contributed by atoms with van der Waals surface area (Å²) in [4.78, 5) is 11.5. The van der Waals surface area contributed by atoms with E-state index in [1.54, 1.807) is 0 Å². The highest BCUT2D eigenvalue weighted by Crippen LogP contribution is 2.04. The van der Waals surface area contributed by atoms with E-state index in [2.05, 4.69) is 0 Å². The topological polar surface area (TPSA) is 82.0 Å². The van der Waals surface area contributed by atoms with Crippen molar-refractivity contribution in [1.29, 1.82) is 0 Å². The second kappa shape index (κ2) is 7.06. The summed E-state index contributed by atoms with van der Waals surface area (Å²) in [6.45, 7) is 4.84. The molecule has 1 N–H and O–H groups in total. The van der Waals surface area contributed by atoms with Crippen molar-refractivity contribution in [2.75, 3.05) is 38.5 Å². The average molecular weight is 278 g/mol. The van der Waals surface area contributed by atoms with Gasteiger partial charge in [-0.25, -0.2) is 8.42 Å². The van der Waals surface area contributed by atoms with Crippen LogP contribution in [0.1, 0.15) is 26.2 Å². The standard InChI is InChI=1S/C11H22N2O4S/c1-2-3-10-18(16,17)13-8-6-12(7-9-13)5-4-11(14)15/h2-10H2,1H3,(H,14,15). The largest absolute Gasteiger partial charge is 0.550 e. The predicted octanol–water partition coefficient (Wildman–Crippen LogP) is -2.54. The zero-order valence-electron chi connectivity index (χ0n) is 10.9. The number of rotatable bonds is 7. The van der Waals surface area contributed by atoms with Gasteiger partial charge in [0.15, 0.2) is 0 Å². The average Bonchev–Trinajstić information content (AvgIpc) is 2.34. The molecule has 0 bridgehead atoms. The Hall–Kier alpha value is -0.660. The summed E-state index contributed by atoms with van der Waals surface area (Å²) in [6.07, 6.45) is 1.61. The highest BCUT2D eigenvalue weighted by molar-refractivity contribution is 7.89. The van der Waals surface area contributed by atoms with E-state index in [-0.39, 0.29) is 12.2 Å². The maximum atomic E-state index is 11.9. The molecular weight excluding hydrogens is 256 g/mol. The fourth-order valence-corrected chi connectivity index (χ4v) is 3.72. The molecule has 106 valence electrons. The number of carbonyl (C=O) groups is 1. The van der Waals surface area contributed by atoms with Gasteiger partial charge in [-0.3, -0.25) is 0 Å². The number of hydrogen-bond acceptors (Lipinski definition) is 4. The number of unbranched alkanes of at least 4 members (excludes halogenated alkanes) is 1. The van der Waals surface area contributed by atoms with E-state index in [4.69, 9.17) is 0 Å². The van der Waals surface area contributed by atoms with Gasteiger partial charge in [0.25, 0.3) is 0 Å². The van der Waals surface area contributed by atoms with Gasteiger partial charge in [-0.1, -0.05) is 13.3 Å². The summed E-state index contributed by atoms with van der Waals surface area (Å²) in [6, 6.07) is 0. The third-order valence-corrected chi connectivity index (χ3v) is 5.22. The number of nitrogens with one attached hydrogen (secondary N) is 1. The Bertz CT molecular complexity index is 361. The van der Waals surface area contributed by atoms with Gasteiger partial charge < -0.3 is 14.8 Å². The Morgan fingerprint density at radius 2 is 1.94 bits per heavy atom. The van der Waals surface area contributed by atoms with Crippen molar-refractivity contribution >= 4 is 16.0 Å². The van der Waals surface area contributed by atoms with Crippen LogP contribution in [0.4, 0.5) is 0 Å². The molecular formula is C11H22N2O4S. The fraction of sp³-hybridized carbons (Fsp3) is 0.909. The van der Waals surface area contributed by atoms with Crippen LogP contribution in [0.15, 0.2) is 0 Å². The molecule has 0 saturated carbocycles. The number of carboxylic acids is 1. The Balaban J connectivity index is 2.36. The number of piperazine rings is 1. The van der Waals surface area contributed by atoms with Crippen LogP contribution in [0.2, 0.25) is 0 Å². The summed E-state index contributed by atoms with van der Waals surface area (Å²) in [5.41, 5.74) is 0. The van der Waals surface area contributed by atoms with Gasteiger partial charge in [0, 0.05) is 12.4 Å². The third-order valence-electron chi connectivity index (χ3n) is 3.26. The van der Waals surface area contributed by atoms with E-state index >= 15 is 0 Å². The molecule has 1 aliphatic rings. The van der Waals surface area contributed by atoms with Gasteiger partial charge in [-0.2, -0.15) is 4.31 Å². The smallest absolute Gasteiger partial charge is 0.214 e. The molecule has 6 nitrogen and oxygen atoms in total. The van der Waals surface area contributed by atoms with Gasteiger partial charge in [-0.05, 0) is 6.42 Å². The van der Waals surface area contributed by atoms with Crippen molar-refractivity contribution in [2.45, 2.75) is 26.2 Å². The Labute approximate surface area is 109 Å². The van der Waals surface area contributed by atoms with Crippen molar-refractivity contribution in [3.05, 3.63) is 0 Å². The predicted molar refractivity (Wildman–Crippen MR) is 65.5 cm³/mol. The van der Waals surface area contributed by atoms with E-state index < -0.39 is 16.0 Å². The summed E-state index contributed by atoms with van der Waals surface area (Å²) < 4.78 is 25.4. The number of hydrogen-bond donors (Lipinski definition) is 1. The molecule has 1 fully saturated rings. The van der Waals surface area contributed by atoms with E-state index in [9.17, 15) is 18.3 Å². The van der Waals surface area contributed by atoms with Crippen molar-refractivity contribution in [1.82, 2.24) is 4.31 Å². The fourth-order valence-electron chi connectivity index (χ4n) is 2.07. The highest BCUT2D eigenvalue weighted by atomic mass is 32.2.